The molecule has 0 amide bonds. The zero-order chi connectivity index (χ0) is 36.7. The SMILES string of the molecule is c1ccc(-c2cc(-c3ccccc3)nc(-n3c4c(-c5cccc6c5oc5ccc7ccccc7c56)cccc4c4c5ccccc5c5ccccc5c43)n2)cc1. The Labute approximate surface area is 321 Å². The van der Waals surface area contributed by atoms with Gasteiger partial charge in [-0.3, -0.25) is 4.57 Å². The maximum atomic E-state index is 6.87. The molecule has 12 rings (SSSR count). The van der Waals surface area contributed by atoms with Crippen LogP contribution in [0.3, 0.4) is 0 Å². The highest BCUT2D eigenvalue weighted by Crippen LogP contribution is 2.47. The van der Waals surface area contributed by atoms with Crippen molar-refractivity contribution < 1.29 is 4.42 Å². The van der Waals surface area contributed by atoms with Crippen LogP contribution in [0.2, 0.25) is 0 Å². The molecule has 0 saturated carbocycles. The molecule has 0 unspecified atom stereocenters. The third-order valence-electron chi connectivity index (χ3n) is 11.4. The number of aromatic nitrogens is 3. The molecule has 0 saturated heterocycles. The van der Waals surface area contributed by atoms with E-state index in [9.17, 15) is 0 Å². The molecule has 0 N–H and O–H groups in total. The van der Waals surface area contributed by atoms with E-state index < -0.39 is 0 Å². The molecule has 0 aliphatic rings. The number of nitrogens with zero attached hydrogens (tertiary/aromatic N) is 3. The van der Waals surface area contributed by atoms with Crippen molar-refractivity contribution in [3.63, 3.8) is 0 Å². The summed E-state index contributed by atoms with van der Waals surface area (Å²) in [5.74, 6) is 0.612. The van der Waals surface area contributed by atoms with Gasteiger partial charge in [-0.1, -0.05) is 176 Å². The Kier molecular flexibility index (Phi) is 6.60. The van der Waals surface area contributed by atoms with Crippen molar-refractivity contribution in [2.75, 3.05) is 0 Å². The predicted molar refractivity (Wildman–Crippen MR) is 232 cm³/mol. The first-order valence-corrected chi connectivity index (χ1v) is 19.0. The molecule has 9 aromatic carbocycles. The standard InChI is InChI=1S/C52H31N3O/c1-3-16-33(17-4-1)44-31-45(34-18-5-2-6-19-34)54-52(53-44)55-49-40(41-26-14-28-43-47-35-20-8-7-15-32(35)29-30-46(47)56-51(41)43)25-13-27-42(49)48-38-23-11-9-21-36(38)37-22-10-12-24-39(37)50(48)55/h1-31H. The number of hydrogen-bond acceptors (Lipinski definition) is 3. The molecule has 0 spiro atoms. The molecule has 0 atom stereocenters. The average molecular weight is 714 g/mol. The number of para-hydroxylation sites is 2. The summed E-state index contributed by atoms with van der Waals surface area (Å²) in [5.41, 5.74) is 9.71. The van der Waals surface area contributed by atoms with Crippen molar-refractivity contribution >= 4 is 76.1 Å². The van der Waals surface area contributed by atoms with Crippen LogP contribution in [0, 0.1) is 0 Å². The fourth-order valence-corrected chi connectivity index (χ4v) is 8.97. The van der Waals surface area contributed by atoms with E-state index in [1.807, 2.05) is 12.1 Å². The van der Waals surface area contributed by atoms with Gasteiger partial charge in [0.25, 0.3) is 0 Å². The van der Waals surface area contributed by atoms with Gasteiger partial charge in [-0.25, -0.2) is 9.97 Å². The lowest BCUT2D eigenvalue weighted by molar-refractivity contribution is 0.670. The van der Waals surface area contributed by atoms with Crippen LogP contribution in [0.1, 0.15) is 0 Å². The summed E-state index contributed by atoms with van der Waals surface area (Å²) in [6, 6.07) is 66.4. The van der Waals surface area contributed by atoms with Crippen LogP contribution in [-0.2, 0) is 0 Å². The largest absolute Gasteiger partial charge is 0.455 e. The highest BCUT2D eigenvalue weighted by Gasteiger charge is 2.25. The van der Waals surface area contributed by atoms with Gasteiger partial charge in [0.1, 0.15) is 11.2 Å². The molecule has 12 aromatic rings. The summed E-state index contributed by atoms with van der Waals surface area (Å²) in [5, 5.41) is 11.7. The molecule has 56 heavy (non-hydrogen) atoms. The van der Waals surface area contributed by atoms with Crippen molar-refractivity contribution in [2.24, 2.45) is 0 Å². The fraction of sp³-hybridized carbons (Fsp3) is 0. The van der Waals surface area contributed by atoms with Gasteiger partial charge in [-0.05, 0) is 39.1 Å². The first-order valence-electron chi connectivity index (χ1n) is 19.0. The monoisotopic (exact) mass is 713 g/mol. The smallest absolute Gasteiger partial charge is 0.235 e. The van der Waals surface area contributed by atoms with E-state index in [2.05, 4.69) is 180 Å². The van der Waals surface area contributed by atoms with Crippen LogP contribution < -0.4 is 0 Å². The number of benzene rings is 9. The Morgan fingerprint density at radius 3 is 1.64 bits per heavy atom. The molecular formula is C52H31N3O. The van der Waals surface area contributed by atoms with Crippen molar-refractivity contribution in [2.45, 2.75) is 0 Å². The first-order chi connectivity index (χ1) is 27.8. The summed E-state index contributed by atoms with van der Waals surface area (Å²) in [6.07, 6.45) is 0. The van der Waals surface area contributed by atoms with Gasteiger partial charge in [0.05, 0.1) is 22.4 Å². The molecule has 3 heterocycles. The summed E-state index contributed by atoms with van der Waals surface area (Å²) < 4.78 is 9.19. The van der Waals surface area contributed by atoms with E-state index >= 15 is 0 Å². The van der Waals surface area contributed by atoms with Gasteiger partial charge in [0, 0.05) is 49.2 Å². The van der Waals surface area contributed by atoms with Crippen molar-refractivity contribution in [1.82, 2.24) is 14.5 Å². The summed E-state index contributed by atoms with van der Waals surface area (Å²) in [7, 11) is 0. The van der Waals surface area contributed by atoms with Gasteiger partial charge in [0.2, 0.25) is 5.95 Å². The summed E-state index contributed by atoms with van der Waals surface area (Å²) in [6.45, 7) is 0. The van der Waals surface area contributed by atoms with E-state index in [1.165, 1.54) is 32.3 Å². The first kappa shape index (κ1) is 30.9. The van der Waals surface area contributed by atoms with Crippen molar-refractivity contribution in [3.05, 3.63) is 188 Å². The molecule has 0 bridgehead atoms. The molecule has 3 aromatic heterocycles. The number of fused-ring (bicyclic) bond motifs is 13. The fourth-order valence-electron chi connectivity index (χ4n) is 8.97. The molecule has 0 aliphatic heterocycles. The van der Waals surface area contributed by atoms with Gasteiger partial charge in [0.15, 0.2) is 0 Å². The quantitative estimate of drug-likeness (QED) is 0.171. The Balaban J connectivity index is 1.28. The zero-order valence-corrected chi connectivity index (χ0v) is 30.1. The van der Waals surface area contributed by atoms with Gasteiger partial charge < -0.3 is 4.42 Å². The van der Waals surface area contributed by atoms with Crippen LogP contribution in [0.4, 0.5) is 0 Å². The minimum Gasteiger partial charge on any atom is -0.455 e. The maximum Gasteiger partial charge on any atom is 0.235 e. The van der Waals surface area contributed by atoms with Crippen molar-refractivity contribution in [3.8, 4) is 39.6 Å². The predicted octanol–water partition coefficient (Wildman–Crippen LogP) is 13.9. The Bertz CT molecular complexity index is 3470. The highest BCUT2D eigenvalue weighted by molar-refractivity contribution is 6.33. The Hall–Kier alpha value is -7.56. The van der Waals surface area contributed by atoms with Crippen LogP contribution in [0.15, 0.2) is 192 Å². The lowest BCUT2D eigenvalue weighted by Gasteiger charge is -2.15. The van der Waals surface area contributed by atoms with Crippen LogP contribution in [-0.4, -0.2) is 14.5 Å². The molecule has 0 aliphatic carbocycles. The minimum absolute atomic E-state index is 0.612. The Morgan fingerprint density at radius 1 is 0.375 bits per heavy atom. The average Bonchev–Trinajstić information content (AvgIpc) is 3.84. The molecule has 4 nitrogen and oxygen atoms in total. The normalized spacial score (nSPS) is 11.9. The molecule has 4 heteroatoms. The minimum atomic E-state index is 0.612. The van der Waals surface area contributed by atoms with E-state index in [1.54, 1.807) is 0 Å². The van der Waals surface area contributed by atoms with E-state index in [-0.39, 0.29) is 0 Å². The van der Waals surface area contributed by atoms with Gasteiger partial charge >= 0.3 is 0 Å². The number of hydrogen-bond donors (Lipinski definition) is 0. The lowest BCUT2D eigenvalue weighted by atomic mass is 9.95. The molecule has 0 fully saturated rings. The van der Waals surface area contributed by atoms with Gasteiger partial charge in [-0.15, -0.1) is 0 Å². The van der Waals surface area contributed by atoms with E-state index in [0.29, 0.717) is 5.95 Å². The third kappa shape index (κ3) is 4.47. The zero-order valence-electron chi connectivity index (χ0n) is 30.1. The Morgan fingerprint density at radius 2 is 0.929 bits per heavy atom. The second-order valence-electron chi connectivity index (χ2n) is 14.5. The lowest BCUT2D eigenvalue weighted by Crippen LogP contribution is -2.05. The van der Waals surface area contributed by atoms with Crippen LogP contribution in [0.25, 0.3) is 116 Å². The van der Waals surface area contributed by atoms with Gasteiger partial charge in [-0.2, -0.15) is 0 Å². The van der Waals surface area contributed by atoms with Crippen molar-refractivity contribution in [1.29, 1.82) is 0 Å². The van der Waals surface area contributed by atoms with E-state index in [4.69, 9.17) is 14.4 Å². The molecular weight excluding hydrogens is 683 g/mol. The molecule has 260 valence electrons. The highest BCUT2D eigenvalue weighted by atomic mass is 16.3. The third-order valence-corrected chi connectivity index (χ3v) is 11.4. The molecule has 0 radical (unpaired) electrons. The second kappa shape index (κ2) is 12.0. The second-order valence-corrected chi connectivity index (χ2v) is 14.5. The number of rotatable bonds is 4. The van der Waals surface area contributed by atoms with Crippen LogP contribution >= 0.6 is 0 Å². The maximum absolute atomic E-state index is 6.87. The topological polar surface area (TPSA) is 43.9 Å². The summed E-state index contributed by atoms with van der Waals surface area (Å²) in [4.78, 5) is 10.9. The summed E-state index contributed by atoms with van der Waals surface area (Å²) >= 11 is 0. The van der Waals surface area contributed by atoms with Crippen LogP contribution in [0.5, 0.6) is 0 Å². The van der Waals surface area contributed by atoms with E-state index in [0.717, 1.165) is 77.4 Å². The number of furan rings is 1.